The molecule has 0 radical (unpaired) electrons. The van der Waals surface area contributed by atoms with Crippen LogP contribution in [0.5, 0.6) is 17.2 Å². The van der Waals surface area contributed by atoms with Crippen molar-refractivity contribution in [2.75, 3.05) is 32.0 Å². The highest BCUT2D eigenvalue weighted by Gasteiger charge is 2.24. The Morgan fingerprint density at radius 1 is 0.968 bits per heavy atom. The topological polar surface area (TPSA) is 90.4 Å². The highest BCUT2D eigenvalue weighted by atomic mass is 32.1. The van der Waals surface area contributed by atoms with Gasteiger partial charge in [-0.25, -0.2) is 15.0 Å². The fourth-order valence-corrected chi connectivity index (χ4v) is 4.71. The normalized spacial score (nSPS) is 12.6. The quantitative estimate of drug-likeness (QED) is 0.570. The Morgan fingerprint density at radius 3 is 2.29 bits per heavy atom. The molecule has 31 heavy (non-hydrogen) atoms. The number of fused-ring (bicyclic) bond motifs is 3. The number of anilines is 3. The first-order chi connectivity index (χ1) is 14.8. The Balaban J connectivity index is 1.67. The standard InChI is InChI=1S/C22H27N5O3S/c1-22(2,3)27-21-25-14-8-7-12-11-23-20(26-17(12)19(14)31-21)24-13-9-15(28-4)18(30-6)16(10-13)29-5/h9-11H,7-8H2,1-6H3,(H,25,27)(H,23,24,26). The van der Waals surface area contributed by atoms with Crippen LogP contribution in [0.1, 0.15) is 32.0 Å². The molecule has 0 saturated heterocycles. The largest absolute Gasteiger partial charge is 0.493 e. The third-order valence-corrected chi connectivity index (χ3v) is 5.83. The smallest absolute Gasteiger partial charge is 0.227 e. The molecular weight excluding hydrogens is 414 g/mol. The maximum absolute atomic E-state index is 5.44. The molecule has 1 aliphatic carbocycles. The van der Waals surface area contributed by atoms with Crippen LogP contribution in [0.3, 0.4) is 0 Å². The summed E-state index contributed by atoms with van der Waals surface area (Å²) in [5.74, 6) is 2.16. The van der Waals surface area contributed by atoms with Crippen molar-refractivity contribution in [3.05, 3.63) is 29.6 Å². The van der Waals surface area contributed by atoms with Gasteiger partial charge < -0.3 is 24.8 Å². The molecule has 0 atom stereocenters. The van der Waals surface area contributed by atoms with E-state index in [-0.39, 0.29) is 5.54 Å². The molecule has 8 nitrogen and oxygen atoms in total. The average Bonchev–Trinajstić information content (AvgIpc) is 3.14. The molecule has 0 saturated carbocycles. The van der Waals surface area contributed by atoms with Gasteiger partial charge in [0.25, 0.3) is 0 Å². The first-order valence-electron chi connectivity index (χ1n) is 10.0. The van der Waals surface area contributed by atoms with Gasteiger partial charge in [-0.3, -0.25) is 0 Å². The Hall–Kier alpha value is -3.07. The molecule has 164 valence electrons. The van der Waals surface area contributed by atoms with Crippen LogP contribution in [-0.2, 0) is 12.8 Å². The molecule has 0 fully saturated rings. The molecule has 0 aliphatic heterocycles. The third-order valence-electron chi connectivity index (χ3n) is 4.81. The van der Waals surface area contributed by atoms with Crippen LogP contribution in [0.25, 0.3) is 10.6 Å². The Bertz CT molecular complexity index is 1080. The monoisotopic (exact) mass is 441 g/mol. The van der Waals surface area contributed by atoms with Crippen molar-refractivity contribution in [3.8, 4) is 27.8 Å². The van der Waals surface area contributed by atoms with Crippen LogP contribution >= 0.6 is 11.3 Å². The number of hydrogen-bond donors (Lipinski definition) is 2. The van der Waals surface area contributed by atoms with Gasteiger partial charge in [0.2, 0.25) is 11.7 Å². The van der Waals surface area contributed by atoms with E-state index in [1.165, 1.54) is 0 Å². The predicted molar refractivity (Wildman–Crippen MR) is 123 cm³/mol. The molecule has 3 aromatic rings. The van der Waals surface area contributed by atoms with Crippen LogP contribution in [0, 0.1) is 0 Å². The summed E-state index contributed by atoms with van der Waals surface area (Å²) in [6.07, 6.45) is 3.67. The molecule has 2 N–H and O–H groups in total. The molecule has 1 aromatic carbocycles. The molecule has 1 aliphatic rings. The molecule has 2 aromatic heterocycles. The van der Waals surface area contributed by atoms with Crippen molar-refractivity contribution in [1.82, 2.24) is 15.0 Å². The number of benzene rings is 1. The van der Waals surface area contributed by atoms with E-state index >= 15 is 0 Å². The first kappa shape index (κ1) is 21.2. The highest BCUT2D eigenvalue weighted by molar-refractivity contribution is 7.19. The maximum Gasteiger partial charge on any atom is 0.227 e. The number of rotatable bonds is 6. The second-order valence-corrected chi connectivity index (χ2v) is 9.28. The lowest BCUT2D eigenvalue weighted by atomic mass is 10.00. The maximum atomic E-state index is 5.44. The molecule has 0 unspecified atom stereocenters. The van der Waals surface area contributed by atoms with Gasteiger partial charge in [-0.1, -0.05) is 11.3 Å². The summed E-state index contributed by atoms with van der Waals surface area (Å²) in [7, 11) is 4.76. The van der Waals surface area contributed by atoms with Crippen molar-refractivity contribution >= 4 is 28.1 Å². The number of hydrogen-bond acceptors (Lipinski definition) is 9. The van der Waals surface area contributed by atoms with E-state index in [4.69, 9.17) is 24.2 Å². The minimum Gasteiger partial charge on any atom is -0.493 e. The molecule has 4 rings (SSSR count). The first-order valence-corrected chi connectivity index (χ1v) is 10.8. The van der Waals surface area contributed by atoms with Crippen molar-refractivity contribution < 1.29 is 14.2 Å². The van der Waals surface area contributed by atoms with Gasteiger partial charge in [-0.15, -0.1) is 0 Å². The third kappa shape index (κ3) is 4.36. The zero-order valence-electron chi connectivity index (χ0n) is 18.6. The van der Waals surface area contributed by atoms with Crippen LogP contribution < -0.4 is 24.8 Å². The number of aryl methyl sites for hydroxylation is 2. The fourth-order valence-electron chi connectivity index (χ4n) is 3.46. The van der Waals surface area contributed by atoms with Crippen LogP contribution in [0.2, 0.25) is 0 Å². The second kappa shape index (κ2) is 8.22. The van der Waals surface area contributed by atoms with E-state index in [1.807, 2.05) is 18.3 Å². The molecule has 2 heterocycles. The van der Waals surface area contributed by atoms with Crippen molar-refractivity contribution in [3.63, 3.8) is 0 Å². The van der Waals surface area contributed by atoms with Crippen molar-refractivity contribution in [2.45, 2.75) is 39.2 Å². The average molecular weight is 442 g/mol. The lowest BCUT2D eigenvalue weighted by Crippen LogP contribution is -2.25. The summed E-state index contributed by atoms with van der Waals surface area (Å²) in [4.78, 5) is 15.2. The van der Waals surface area contributed by atoms with Gasteiger partial charge >= 0.3 is 0 Å². The minimum absolute atomic E-state index is 0.0475. The Morgan fingerprint density at radius 2 is 1.68 bits per heavy atom. The molecule has 9 heteroatoms. The summed E-state index contributed by atoms with van der Waals surface area (Å²) in [5.41, 5.74) is 3.85. The van der Waals surface area contributed by atoms with Crippen molar-refractivity contribution in [1.29, 1.82) is 0 Å². The Kier molecular flexibility index (Phi) is 5.62. The SMILES string of the molecule is COc1cc(Nc2ncc3c(n2)-c2sc(NC(C)(C)C)nc2CC3)cc(OC)c1OC. The van der Waals surface area contributed by atoms with Gasteiger partial charge in [-0.05, 0) is 39.2 Å². The van der Waals surface area contributed by atoms with E-state index in [2.05, 4.69) is 36.4 Å². The van der Waals surface area contributed by atoms with Gasteiger partial charge in [0.05, 0.1) is 37.6 Å². The molecule has 0 bridgehead atoms. The zero-order chi connectivity index (χ0) is 22.2. The lowest BCUT2D eigenvalue weighted by molar-refractivity contribution is 0.324. The van der Waals surface area contributed by atoms with E-state index < -0.39 is 0 Å². The molecule has 0 spiro atoms. The van der Waals surface area contributed by atoms with Gasteiger partial charge in [0.15, 0.2) is 16.6 Å². The summed E-state index contributed by atoms with van der Waals surface area (Å²) >= 11 is 1.64. The fraction of sp³-hybridized carbons (Fsp3) is 0.409. The predicted octanol–water partition coefficient (Wildman–Crippen LogP) is 4.68. The minimum atomic E-state index is -0.0475. The number of aromatic nitrogens is 3. The summed E-state index contributed by atoms with van der Waals surface area (Å²) in [6.45, 7) is 6.38. The Labute approximate surface area is 186 Å². The van der Waals surface area contributed by atoms with Crippen LogP contribution in [0.4, 0.5) is 16.8 Å². The van der Waals surface area contributed by atoms with Crippen LogP contribution in [-0.4, -0.2) is 41.8 Å². The number of nitrogens with one attached hydrogen (secondary N) is 2. The summed E-state index contributed by atoms with van der Waals surface area (Å²) in [5, 5.41) is 7.65. The number of ether oxygens (including phenoxy) is 3. The van der Waals surface area contributed by atoms with E-state index in [1.54, 1.807) is 32.7 Å². The summed E-state index contributed by atoms with van der Waals surface area (Å²) in [6, 6.07) is 3.65. The van der Waals surface area contributed by atoms with Crippen LogP contribution in [0.15, 0.2) is 18.3 Å². The number of nitrogens with zero attached hydrogens (tertiary/aromatic N) is 3. The summed E-state index contributed by atoms with van der Waals surface area (Å²) < 4.78 is 16.3. The van der Waals surface area contributed by atoms with Gasteiger partial charge in [-0.2, -0.15) is 0 Å². The number of methoxy groups -OCH3 is 3. The van der Waals surface area contributed by atoms with E-state index in [9.17, 15) is 0 Å². The van der Waals surface area contributed by atoms with E-state index in [0.717, 1.165) is 45.5 Å². The zero-order valence-corrected chi connectivity index (χ0v) is 19.4. The van der Waals surface area contributed by atoms with Gasteiger partial charge in [0, 0.05) is 29.6 Å². The van der Waals surface area contributed by atoms with Crippen molar-refractivity contribution in [2.24, 2.45) is 0 Å². The molecular formula is C22H27N5O3S. The number of thiazole rings is 1. The molecule has 0 amide bonds. The van der Waals surface area contributed by atoms with E-state index in [0.29, 0.717) is 23.2 Å². The highest BCUT2D eigenvalue weighted by Crippen LogP contribution is 2.42. The van der Waals surface area contributed by atoms with Gasteiger partial charge in [0.1, 0.15) is 0 Å². The second-order valence-electron chi connectivity index (χ2n) is 8.28. The lowest BCUT2D eigenvalue weighted by Gasteiger charge is -2.19.